The molecule has 23 heavy (non-hydrogen) atoms. The summed E-state index contributed by atoms with van der Waals surface area (Å²) in [6.45, 7) is 5.89. The molecule has 0 fully saturated rings. The summed E-state index contributed by atoms with van der Waals surface area (Å²) in [7, 11) is 0. The first kappa shape index (κ1) is 15.8. The highest BCUT2D eigenvalue weighted by molar-refractivity contribution is 7.99. The van der Waals surface area contributed by atoms with E-state index >= 15 is 0 Å². The van der Waals surface area contributed by atoms with Crippen molar-refractivity contribution in [3.63, 3.8) is 0 Å². The van der Waals surface area contributed by atoms with Crippen LogP contribution in [0.1, 0.15) is 17.0 Å². The molecular formula is C15H15N5OS2. The van der Waals surface area contributed by atoms with Crippen molar-refractivity contribution in [1.29, 1.82) is 0 Å². The Balaban J connectivity index is 1.67. The molecule has 0 bridgehead atoms. The zero-order chi connectivity index (χ0) is 16.4. The van der Waals surface area contributed by atoms with Crippen molar-refractivity contribution in [2.24, 2.45) is 0 Å². The Kier molecular flexibility index (Phi) is 4.53. The molecule has 0 atom stereocenters. The number of hydrogen-bond donors (Lipinski definition) is 1. The second-order valence-electron chi connectivity index (χ2n) is 5.08. The highest BCUT2D eigenvalue weighted by atomic mass is 32.2. The van der Waals surface area contributed by atoms with E-state index in [9.17, 15) is 4.79 Å². The number of amides is 1. The van der Waals surface area contributed by atoms with Crippen molar-refractivity contribution < 1.29 is 4.79 Å². The first-order valence-electron chi connectivity index (χ1n) is 7.00. The summed E-state index contributed by atoms with van der Waals surface area (Å²) < 4.78 is 8.37. The first-order chi connectivity index (χ1) is 11.0. The summed E-state index contributed by atoms with van der Waals surface area (Å²) >= 11 is 2.46. The second kappa shape index (κ2) is 6.59. The van der Waals surface area contributed by atoms with Crippen LogP contribution in [0.15, 0.2) is 23.4 Å². The van der Waals surface area contributed by atoms with E-state index in [1.807, 2.05) is 39.0 Å². The minimum atomic E-state index is -0.116. The lowest BCUT2D eigenvalue weighted by molar-refractivity contribution is -0.113. The third-order valence-electron chi connectivity index (χ3n) is 3.50. The summed E-state index contributed by atoms with van der Waals surface area (Å²) in [5.41, 5.74) is 5.15. The molecule has 2 aromatic heterocycles. The maximum Gasteiger partial charge on any atom is 0.234 e. The van der Waals surface area contributed by atoms with Gasteiger partial charge in [-0.25, -0.2) is 9.97 Å². The van der Waals surface area contributed by atoms with Crippen LogP contribution in [-0.2, 0) is 4.79 Å². The van der Waals surface area contributed by atoms with Gasteiger partial charge in [0.15, 0.2) is 5.16 Å². The van der Waals surface area contributed by atoms with Crippen LogP contribution in [0, 0.1) is 20.8 Å². The van der Waals surface area contributed by atoms with Crippen molar-refractivity contribution in [2.75, 3.05) is 11.1 Å². The van der Waals surface area contributed by atoms with Gasteiger partial charge in [-0.2, -0.15) is 8.75 Å². The molecule has 0 aliphatic heterocycles. The number of benzene rings is 1. The summed E-state index contributed by atoms with van der Waals surface area (Å²) in [5, 5.41) is 3.49. The van der Waals surface area contributed by atoms with Gasteiger partial charge in [-0.15, -0.1) is 0 Å². The van der Waals surface area contributed by atoms with Crippen LogP contribution in [0.25, 0.3) is 11.0 Å². The Morgan fingerprint density at radius 2 is 1.91 bits per heavy atom. The summed E-state index contributed by atoms with van der Waals surface area (Å²) in [6, 6.07) is 5.54. The first-order valence-corrected chi connectivity index (χ1v) is 8.72. The van der Waals surface area contributed by atoms with Gasteiger partial charge in [-0.3, -0.25) is 4.79 Å². The van der Waals surface area contributed by atoms with Crippen LogP contribution >= 0.6 is 23.5 Å². The molecule has 0 aliphatic carbocycles. The third kappa shape index (κ3) is 3.48. The van der Waals surface area contributed by atoms with Gasteiger partial charge in [0.05, 0.1) is 23.2 Å². The van der Waals surface area contributed by atoms with E-state index in [-0.39, 0.29) is 11.7 Å². The van der Waals surface area contributed by atoms with Crippen molar-refractivity contribution in [1.82, 2.24) is 18.7 Å². The molecule has 0 radical (unpaired) electrons. The lowest BCUT2D eigenvalue weighted by Gasteiger charge is -2.07. The molecule has 1 N–H and O–H groups in total. The number of fused-ring (bicyclic) bond motifs is 1. The van der Waals surface area contributed by atoms with Crippen LogP contribution in [-0.4, -0.2) is 30.4 Å². The zero-order valence-corrected chi connectivity index (χ0v) is 14.6. The monoisotopic (exact) mass is 345 g/mol. The van der Waals surface area contributed by atoms with Crippen molar-refractivity contribution in [3.05, 3.63) is 35.2 Å². The van der Waals surface area contributed by atoms with E-state index in [4.69, 9.17) is 0 Å². The minimum absolute atomic E-state index is 0.116. The molecule has 1 amide bonds. The second-order valence-corrected chi connectivity index (χ2v) is 6.55. The largest absolute Gasteiger partial charge is 0.323 e. The Bertz CT molecular complexity index is 854. The molecule has 3 aromatic rings. The average Bonchev–Trinajstić information content (AvgIpc) is 3.00. The van der Waals surface area contributed by atoms with Crippen LogP contribution in [0.3, 0.4) is 0 Å². The number of rotatable bonds is 4. The lowest BCUT2D eigenvalue weighted by Crippen LogP contribution is -2.14. The number of anilines is 1. The van der Waals surface area contributed by atoms with Crippen LogP contribution in [0.5, 0.6) is 0 Å². The van der Waals surface area contributed by atoms with Gasteiger partial charge in [0, 0.05) is 11.4 Å². The molecule has 1 aromatic carbocycles. The van der Waals surface area contributed by atoms with Crippen molar-refractivity contribution >= 4 is 46.1 Å². The van der Waals surface area contributed by atoms with Gasteiger partial charge in [-0.1, -0.05) is 17.8 Å². The smallest absolute Gasteiger partial charge is 0.234 e. The average molecular weight is 345 g/mol. The molecule has 0 aliphatic rings. The van der Waals surface area contributed by atoms with E-state index in [2.05, 4.69) is 24.0 Å². The highest BCUT2D eigenvalue weighted by Crippen LogP contribution is 2.22. The quantitative estimate of drug-likeness (QED) is 0.578. The standard InChI is InChI=1S/C15H15N5OS2/c1-8-9(2)16-15(17-10(8)3)22-7-13(21)18-11-5-4-6-12-14(11)20-23-19-12/h4-6H,7H2,1-3H3,(H,18,21). The normalized spacial score (nSPS) is 10.9. The molecule has 118 valence electrons. The molecule has 6 nitrogen and oxygen atoms in total. The molecule has 8 heteroatoms. The van der Waals surface area contributed by atoms with Gasteiger partial charge < -0.3 is 5.32 Å². The van der Waals surface area contributed by atoms with E-state index in [1.165, 1.54) is 11.8 Å². The number of hydrogen-bond acceptors (Lipinski definition) is 7. The van der Waals surface area contributed by atoms with E-state index < -0.39 is 0 Å². The van der Waals surface area contributed by atoms with E-state index in [1.54, 1.807) is 0 Å². The molecule has 3 rings (SSSR count). The van der Waals surface area contributed by atoms with Gasteiger partial charge in [0.25, 0.3) is 0 Å². The van der Waals surface area contributed by atoms with Gasteiger partial charge in [0.1, 0.15) is 11.0 Å². The summed E-state index contributed by atoms with van der Waals surface area (Å²) in [6.07, 6.45) is 0. The fourth-order valence-electron chi connectivity index (χ4n) is 2.03. The van der Waals surface area contributed by atoms with Gasteiger partial charge >= 0.3 is 0 Å². The number of aryl methyl sites for hydroxylation is 2. The van der Waals surface area contributed by atoms with Crippen LogP contribution < -0.4 is 5.32 Å². The molecule has 0 saturated heterocycles. The maximum atomic E-state index is 12.2. The van der Waals surface area contributed by atoms with Gasteiger partial charge in [0.2, 0.25) is 5.91 Å². The predicted octanol–water partition coefficient (Wildman–Crippen LogP) is 3.14. The SMILES string of the molecule is Cc1nc(SCC(=O)Nc2cccc3nsnc23)nc(C)c1C. The minimum Gasteiger partial charge on any atom is -0.323 e. The number of nitrogens with one attached hydrogen (secondary N) is 1. The molecule has 0 unspecified atom stereocenters. The Labute approximate surface area is 142 Å². The number of thioether (sulfide) groups is 1. The molecular weight excluding hydrogens is 330 g/mol. The van der Waals surface area contributed by atoms with E-state index in [0.29, 0.717) is 16.4 Å². The van der Waals surface area contributed by atoms with Crippen LogP contribution in [0.2, 0.25) is 0 Å². The molecule has 0 spiro atoms. The topological polar surface area (TPSA) is 80.7 Å². The number of carbonyl (C=O) groups is 1. The number of carbonyl (C=O) groups excluding carboxylic acids is 1. The fourth-order valence-corrected chi connectivity index (χ4v) is 3.31. The number of aromatic nitrogens is 4. The third-order valence-corrected chi connectivity index (χ3v) is 4.89. The predicted molar refractivity (Wildman–Crippen MR) is 93.0 cm³/mol. The Morgan fingerprint density at radius 1 is 1.17 bits per heavy atom. The van der Waals surface area contributed by atoms with Crippen molar-refractivity contribution in [2.45, 2.75) is 25.9 Å². The Hall–Kier alpha value is -2.06. The fraction of sp³-hybridized carbons (Fsp3) is 0.267. The molecule has 2 heterocycles. The Morgan fingerprint density at radius 3 is 2.65 bits per heavy atom. The maximum absolute atomic E-state index is 12.2. The molecule has 0 saturated carbocycles. The van der Waals surface area contributed by atoms with Crippen LogP contribution in [0.4, 0.5) is 5.69 Å². The zero-order valence-electron chi connectivity index (χ0n) is 13.0. The van der Waals surface area contributed by atoms with Crippen molar-refractivity contribution in [3.8, 4) is 0 Å². The number of nitrogens with zero attached hydrogens (tertiary/aromatic N) is 4. The summed E-state index contributed by atoms with van der Waals surface area (Å²) in [5.74, 6) is 0.130. The highest BCUT2D eigenvalue weighted by Gasteiger charge is 2.11. The van der Waals surface area contributed by atoms with Gasteiger partial charge in [-0.05, 0) is 38.5 Å². The lowest BCUT2D eigenvalue weighted by atomic mass is 10.2. The summed E-state index contributed by atoms with van der Waals surface area (Å²) in [4.78, 5) is 21.0. The van der Waals surface area contributed by atoms with E-state index in [0.717, 1.165) is 34.2 Å².